The maximum Gasteiger partial charge on any atom is 0.326 e. The van der Waals surface area contributed by atoms with Crippen molar-refractivity contribution in [2.45, 2.75) is 69.9 Å². The number of rotatable bonds is 7. The van der Waals surface area contributed by atoms with E-state index in [1.165, 1.54) is 12.1 Å². The molecule has 28 heavy (non-hydrogen) atoms. The van der Waals surface area contributed by atoms with Crippen molar-refractivity contribution in [3.63, 3.8) is 0 Å². The molecule has 0 aromatic heterocycles. The molecule has 7 nitrogen and oxygen atoms in total. The summed E-state index contributed by atoms with van der Waals surface area (Å²) in [5, 5.41) is 12.1. The number of aliphatic carboxylic acids is 1. The monoisotopic (exact) mass is 410 g/mol. The number of nitrogens with one attached hydrogen (secondary N) is 2. The van der Waals surface area contributed by atoms with E-state index in [1.54, 1.807) is 39.0 Å². The van der Waals surface area contributed by atoms with Crippen LogP contribution in [0.15, 0.2) is 35.2 Å². The summed E-state index contributed by atoms with van der Waals surface area (Å²) in [6.07, 6.45) is 4.34. The summed E-state index contributed by atoms with van der Waals surface area (Å²) < 4.78 is 28.1. The fourth-order valence-electron chi connectivity index (χ4n) is 3.55. The van der Waals surface area contributed by atoms with E-state index in [1.807, 2.05) is 0 Å². The van der Waals surface area contributed by atoms with Crippen molar-refractivity contribution < 1.29 is 23.1 Å². The Bertz CT molecular complexity index is 781. The van der Waals surface area contributed by atoms with Gasteiger partial charge in [-0.2, -0.15) is 4.72 Å². The first kappa shape index (κ1) is 22.4. The fraction of sp³-hybridized carbons (Fsp3) is 0.600. The zero-order chi connectivity index (χ0) is 20.9. The average molecular weight is 411 g/mol. The van der Waals surface area contributed by atoms with Gasteiger partial charge in [0.1, 0.15) is 12.1 Å². The number of benzene rings is 1. The molecule has 0 radical (unpaired) electrons. The Morgan fingerprint density at radius 3 is 2.14 bits per heavy atom. The van der Waals surface area contributed by atoms with Gasteiger partial charge in [-0.05, 0) is 36.3 Å². The minimum Gasteiger partial charge on any atom is -0.480 e. The minimum atomic E-state index is -3.90. The van der Waals surface area contributed by atoms with Crippen molar-refractivity contribution in [3.05, 3.63) is 30.3 Å². The molecule has 0 heterocycles. The van der Waals surface area contributed by atoms with Gasteiger partial charge in [-0.15, -0.1) is 0 Å². The van der Waals surface area contributed by atoms with Gasteiger partial charge in [0.15, 0.2) is 0 Å². The Balaban J connectivity index is 2.29. The Hall–Kier alpha value is -1.93. The largest absolute Gasteiger partial charge is 0.480 e. The SMILES string of the molecule is CC(C)(C)[C@H](NC(=O)[C@@H](NS(=O)(=O)c1ccccc1)C1CCCCC1)C(=O)O. The zero-order valence-corrected chi connectivity index (χ0v) is 17.5. The van der Waals surface area contributed by atoms with E-state index < -0.39 is 39.4 Å². The summed E-state index contributed by atoms with van der Waals surface area (Å²) in [6, 6.07) is 5.75. The van der Waals surface area contributed by atoms with Crippen molar-refractivity contribution in [2.75, 3.05) is 0 Å². The van der Waals surface area contributed by atoms with Crippen molar-refractivity contribution in [2.24, 2.45) is 11.3 Å². The third-order valence-corrected chi connectivity index (χ3v) is 6.60. The molecule has 3 N–H and O–H groups in total. The topological polar surface area (TPSA) is 113 Å². The van der Waals surface area contributed by atoms with E-state index in [9.17, 15) is 23.1 Å². The van der Waals surface area contributed by atoms with Crippen molar-refractivity contribution in [1.82, 2.24) is 10.0 Å². The molecule has 2 rings (SSSR count). The molecule has 0 unspecified atom stereocenters. The number of carboxylic acid groups (broad SMARTS) is 1. The summed E-state index contributed by atoms with van der Waals surface area (Å²) in [5.41, 5.74) is -0.711. The molecule has 0 aliphatic heterocycles. The van der Waals surface area contributed by atoms with Gasteiger partial charge in [-0.3, -0.25) is 4.79 Å². The van der Waals surface area contributed by atoms with Gasteiger partial charge in [0.05, 0.1) is 4.90 Å². The van der Waals surface area contributed by atoms with Crippen molar-refractivity contribution in [1.29, 1.82) is 0 Å². The second-order valence-corrected chi connectivity index (χ2v) is 10.2. The van der Waals surface area contributed by atoms with Crippen LogP contribution < -0.4 is 10.0 Å². The van der Waals surface area contributed by atoms with Crippen LogP contribution in [0.2, 0.25) is 0 Å². The Labute approximate surface area is 167 Å². The third-order valence-electron chi connectivity index (χ3n) is 5.14. The molecule has 2 atom stereocenters. The number of hydrogen-bond donors (Lipinski definition) is 3. The van der Waals surface area contributed by atoms with Crippen LogP contribution in [0.25, 0.3) is 0 Å². The van der Waals surface area contributed by atoms with Gasteiger partial charge in [0.25, 0.3) is 0 Å². The maximum atomic E-state index is 13.0. The number of carboxylic acids is 1. The van der Waals surface area contributed by atoms with Crippen LogP contribution >= 0.6 is 0 Å². The summed E-state index contributed by atoms with van der Waals surface area (Å²) in [5.74, 6) is -1.90. The van der Waals surface area contributed by atoms with E-state index in [0.29, 0.717) is 0 Å². The second-order valence-electron chi connectivity index (χ2n) is 8.46. The summed E-state index contributed by atoms with van der Waals surface area (Å²) >= 11 is 0. The molecule has 156 valence electrons. The number of amides is 1. The summed E-state index contributed by atoms with van der Waals surface area (Å²) in [7, 11) is -3.90. The van der Waals surface area contributed by atoms with Crippen LogP contribution in [0.4, 0.5) is 0 Å². The molecule has 0 spiro atoms. The van der Waals surface area contributed by atoms with Crippen LogP contribution in [0.1, 0.15) is 52.9 Å². The summed E-state index contributed by atoms with van der Waals surface area (Å²) in [6.45, 7) is 5.15. The molecule has 8 heteroatoms. The lowest BCUT2D eigenvalue weighted by Gasteiger charge is -2.33. The van der Waals surface area contributed by atoms with E-state index in [-0.39, 0.29) is 10.8 Å². The maximum absolute atomic E-state index is 13.0. The van der Waals surface area contributed by atoms with Gasteiger partial charge in [-0.1, -0.05) is 58.2 Å². The first-order valence-corrected chi connectivity index (χ1v) is 11.1. The first-order valence-electron chi connectivity index (χ1n) is 9.63. The quantitative estimate of drug-likeness (QED) is 0.639. The van der Waals surface area contributed by atoms with Gasteiger partial charge in [0, 0.05) is 0 Å². The van der Waals surface area contributed by atoms with Crippen LogP contribution in [-0.2, 0) is 19.6 Å². The van der Waals surface area contributed by atoms with Crippen LogP contribution in [0, 0.1) is 11.3 Å². The highest BCUT2D eigenvalue weighted by atomic mass is 32.2. The molecular weight excluding hydrogens is 380 g/mol. The number of sulfonamides is 1. The van der Waals surface area contributed by atoms with E-state index in [0.717, 1.165) is 32.1 Å². The molecule has 1 aliphatic carbocycles. The molecule has 1 fully saturated rings. The molecule has 0 saturated heterocycles. The lowest BCUT2D eigenvalue weighted by atomic mass is 9.83. The summed E-state index contributed by atoms with van der Waals surface area (Å²) in [4.78, 5) is 24.7. The third kappa shape index (κ3) is 5.78. The van der Waals surface area contributed by atoms with Crippen LogP contribution in [0.5, 0.6) is 0 Å². The van der Waals surface area contributed by atoms with Gasteiger partial charge < -0.3 is 10.4 Å². The van der Waals surface area contributed by atoms with Gasteiger partial charge in [-0.25, -0.2) is 13.2 Å². The normalized spacial score (nSPS) is 18.2. The molecule has 0 bridgehead atoms. The van der Waals surface area contributed by atoms with Gasteiger partial charge in [0.2, 0.25) is 15.9 Å². The molecule has 1 aromatic rings. The van der Waals surface area contributed by atoms with E-state index in [2.05, 4.69) is 10.0 Å². The average Bonchev–Trinajstić information content (AvgIpc) is 2.64. The second kappa shape index (κ2) is 9.05. The predicted molar refractivity (Wildman–Crippen MR) is 106 cm³/mol. The highest BCUT2D eigenvalue weighted by Crippen LogP contribution is 2.28. The van der Waals surface area contributed by atoms with E-state index >= 15 is 0 Å². The Morgan fingerprint density at radius 1 is 1.07 bits per heavy atom. The van der Waals surface area contributed by atoms with E-state index in [4.69, 9.17) is 0 Å². The highest BCUT2D eigenvalue weighted by Gasteiger charge is 2.38. The lowest BCUT2D eigenvalue weighted by molar-refractivity contribution is -0.145. The van der Waals surface area contributed by atoms with Crippen LogP contribution in [-0.4, -0.2) is 37.5 Å². The van der Waals surface area contributed by atoms with Crippen molar-refractivity contribution in [3.8, 4) is 0 Å². The molecule has 1 aliphatic rings. The van der Waals surface area contributed by atoms with Gasteiger partial charge >= 0.3 is 5.97 Å². The molecular formula is C20H30N2O5S. The smallest absolute Gasteiger partial charge is 0.326 e. The standard InChI is InChI=1S/C20H30N2O5S/c1-20(2,3)17(19(24)25)21-18(23)16(14-10-6-4-7-11-14)22-28(26,27)15-12-8-5-9-13-15/h5,8-9,12-14,16-17,22H,4,6-7,10-11H2,1-3H3,(H,21,23)(H,24,25)/t16-,17+/m0/s1. The minimum absolute atomic E-state index is 0.0780. The Kier molecular flexibility index (Phi) is 7.22. The number of carbonyl (C=O) groups excluding carboxylic acids is 1. The number of carbonyl (C=O) groups is 2. The molecule has 1 saturated carbocycles. The first-order chi connectivity index (χ1) is 13.0. The fourth-order valence-corrected chi connectivity index (χ4v) is 4.83. The number of hydrogen-bond acceptors (Lipinski definition) is 4. The Morgan fingerprint density at radius 2 is 1.64 bits per heavy atom. The zero-order valence-electron chi connectivity index (χ0n) is 16.6. The van der Waals surface area contributed by atoms with Crippen molar-refractivity contribution >= 4 is 21.9 Å². The van der Waals surface area contributed by atoms with Crippen LogP contribution in [0.3, 0.4) is 0 Å². The molecule has 1 aromatic carbocycles. The highest BCUT2D eigenvalue weighted by molar-refractivity contribution is 7.89. The molecule has 1 amide bonds. The predicted octanol–water partition coefficient (Wildman–Crippen LogP) is 2.53. The lowest BCUT2D eigenvalue weighted by Crippen LogP contribution is -2.57.